The van der Waals surface area contributed by atoms with E-state index in [0.717, 1.165) is 0 Å². The van der Waals surface area contributed by atoms with E-state index in [0.29, 0.717) is 31.8 Å². The summed E-state index contributed by atoms with van der Waals surface area (Å²) in [5, 5.41) is 1.28. The van der Waals surface area contributed by atoms with Crippen molar-refractivity contribution >= 4 is 41.2 Å². The van der Waals surface area contributed by atoms with Gasteiger partial charge in [0.15, 0.2) is 0 Å². The summed E-state index contributed by atoms with van der Waals surface area (Å²) in [5.41, 5.74) is 1.49. The zero-order chi connectivity index (χ0) is 20.7. The van der Waals surface area contributed by atoms with E-state index in [1.165, 1.54) is 0 Å². The highest BCUT2D eigenvalue weighted by molar-refractivity contribution is 6.95. The van der Waals surface area contributed by atoms with Crippen molar-refractivity contribution in [3.63, 3.8) is 0 Å². The number of benzene rings is 3. The highest BCUT2D eigenvalue weighted by atomic mass is 35.5. The first kappa shape index (κ1) is 20.9. The molecule has 0 aliphatic heterocycles. The molecule has 3 rings (SSSR count). The Bertz CT molecular complexity index is 1080. The molecule has 0 unspecified atom stereocenters. The molecule has 0 spiro atoms. The topological polar surface area (TPSA) is 0 Å². The van der Waals surface area contributed by atoms with Crippen molar-refractivity contribution in [1.29, 1.82) is 0 Å². The van der Waals surface area contributed by atoms with Gasteiger partial charge in [-0.2, -0.15) is 0 Å². The van der Waals surface area contributed by atoms with Gasteiger partial charge in [0.05, 0.1) is 15.1 Å². The van der Waals surface area contributed by atoms with Crippen molar-refractivity contribution < 1.29 is 4.32 Å². The minimum Gasteiger partial charge on any atom is -0.472 e. The first-order valence-corrected chi connectivity index (χ1v) is 9.77. The van der Waals surface area contributed by atoms with Gasteiger partial charge >= 0.3 is 6.42 Å². The molecule has 0 radical (unpaired) electrons. The third-order valence-corrected chi connectivity index (χ3v) is 4.83. The fourth-order valence-electron chi connectivity index (χ4n) is 2.33. The Balaban J connectivity index is 2.06. The molecule has 0 nitrogen and oxygen atoms in total. The lowest BCUT2D eigenvalue weighted by atomic mass is 9.45. The monoisotopic (exact) mass is 435 g/mol. The van der Waals surface area contributed by atoms with Crippen LogP contribution in [0.2, 0.25) is 15.1 Å². The molecule has 140 valence electrons. The summed E-state index contributed by atoms with van der Waals surface area (Å²) in [6.45, 7) is 0. The maximum atomic E-state index is 15.7. The van der Waals surface area contributed by atoms with Crippen molar-refractivity contribution in [2.75, 3.05) is 0 Å². The molecular weight excluding hydrogens is 424 g/mol. The predicted octanol–water partition coefficient (Wildman–Crippen LogP) is 6.63. The van der Waals surface area contributed by atoms with Gasteiger partial charge in [0, 0.05) is 16.7 Å². The molecule has 5 heteroatoms. The van der Waals surface area contributed by atoms with Crippen LogP contribution in [-0.4, -0.2) is 6.42 Å². The lowest BCUT2D eigenvalue weighted by Gasteiger charge is -2.12. The highest BCUT2D eigenvalue weighted by Crippen LogP contribution is 2.17. The third kappa shape index (κ3) is 5.84. The first-order valence-electron chi connectivity index (χ1n) is 8.63. The van der Waals surface area contributed by atoms with Crippen LogP contribution in [0.4, 0.5) is 4.32 Å². The van der Waals surface area contributed by atoms with E-state index in [1.54, 1.807) is 72.8 Å². The van der Waals surface area contributed by atoms with E-state index >= 15 is 4.32 Å². The number of hydrogen-bond donors (Lipinski definition) is 0. The molecule has 0 N–H and O–H groups in total. The maximum absolute atomic E-state index is 15.7. The molecule has 3 aromatic rings. The standard InChI is InChI=1S/C24H12BCl3F/c26-22-10-4-1-7-19(22)13-16-25(29,17-14-20-8-2-5-11-23(20)27)18-15-21-9-3-6-12-24(21)28/h1-12H/q-1. The molecule has 0 fully saturated rings. The Morgan fingerprint density at radius 2 is 0.793 bits per heavy atom. The van der Waals surface area contributed by atoms with Gasteiger partial charge in [0.2, 0.25) is 0 Å². The second kappa shape index (κ2) is 9.61. The van der Waals surface area contributed by atoms with Crippen molar-refractivity contribution in [2.45, 2.75) is 0 Å². The van der Waals surface area contributed by atoms with Gasteiger partial charge in [-0.05, 0) is 36.4 Å². The van der Waals surface area contributed by atoms with Crippen LogP contribution in [0.5, 0.6) is 0 Å². The van der Waals surface area contributed by atoms with Crippen LogP contribution in [0, 0.1) is 35.2 Å². The normalized spacial score (nSPS) is 9.93. The summed E-state index contributed by atoms with van der Waals surface area (Å²) in [7, 11) is 0. The molecule has 0 amide bonds. The molecule has 0 aromatic heterocycles. The van der Waals surface area contributed by atoms with Gasteiger partial charge in [-0.15, -0.1) is 17.8 Å². The molecular formula is C24H12BCl3F-. The molecule has 0 heterocycles. The molecule has 0 atom stereocenters. The summed E-state index contributed by atoms with van der Waals surface area (Å²) >= 11 is 18.3. The number of halogens is 4. The fourth-order valence-corrected chi connectivity index (χ4v) is 2.88. The van der Waals surface area contributed by atoms with E-state index in [4.69, 9.17) is 34.8 Å². The van der Waals surface area contributed by atoms with E-state index in [1.807, 2.05) is 0 Å². The van der Waals surface area contributed by atoms with E-state index < -0.39 is 6.42 Å². The van der Waals surface area contributed by atoms with Gasteiger partial charge in [0.25, 0.3) is 0 Å². The lowest BCUT2D eigenvalue weighted by molar-refractivity contribution is 0.850. The summed E-state index contributed by atoms with van der Waals surface area (Å²) in [6.07, 6.45) is -3.19. The van der Waals surface area contributed by atoms with Crippen molar-refractivity contribution in [1.82, 2.24) is 0 Å². The summed E-state index contributed by atoms with van der Waals surface area (Å²) < 4.78 is 15.7. The zero-order valence-corrected chi connectivity index (χ0v) is 17.3. The number of rotatable bonds is 0. The SMILES string of the molecule is F[B-](C#Cc1ccccc1Cl)(C#Cc1ccccc1Cl)C#Cc1ccccc1Cl. The van der Waals surface area contributed by atoms with Crippen LogP contribution < -0.4 is 0 Å². The molecule has 0 aliphatic rings. The average Bonchev–Trinajstić information content (AvgIpc) is 2.72. The van der Waals surface area contributed by atoms with Crippen LogP contribution in [0.3, 0.4) is 0 Å². The maximum Gasteiger partial charge on any atom is 0.358 e. The van der Waals surface area contributed by atoms with E-state index in [2.05, 4.69) is 35.2 Å². The van der Waals surface area contributed by atoms with Crippen LogP contribution in [-0.2, 0) is 0 Å². The average molecular weight is 437 g/mol. The smallest absolute Gasteiger partial charge is 0.358 e. The Kier molecular flexibility index (Phi) is 6.93. The summed E-state index contributed by atoms with van der Waals surface area (Å²) in [6, 6.07) is 20.8. The van der Waals surface area contributed by atoms with E-state index in [-0.39, 0.29) is 0 Å². The van der Waals surface area contributed by atoms with Crippen LogP contribution in [0.25, 0.3) is 0 Å². The third-order valence-electron chi connectivity index (χ3n) is 3.84. The van der Waals surface area contributed by atoms with Crippen molar-refractivity contribution in [3.8, 4) is 35.2 Å². The van der Waals surface area contributed by atoms with Crippen LogP contribution >= 0.6 is 34.8 Å². The molecule has 0 saturated heterocycles. The minimum absolute atomic E-state index is 0.427. The Morgan fingerprint density at radius 3 is 1.07 bits per heavy atom. The number of hydrogen-bond acceptors (Lipinski definition) is 0. The first-order chi connectivity index (χ1) is 14.0. The van der Waals surface area contributed by atoms with E-state index in [9.17, 15) is 0 Å². The Morgan fingerprint density at radius 1 is 0.517 bits per heavy atom. The molecule has 0 aliphatic carbocycles. The second-order valence-corrected chi connectivity index (χ2v) is 7.23. The summed E-state index contributed by atoms with van der Waals surface area (Å²) in [5.74, 6) is 15.9. The lowest BCUT2D eigenvalue weighted by Crippen LogP contribution is -2.23. The quantitative estimate of drug-likeness (QED) is 0.274. The molecule has 3 aromatic carbocycles. The molecule has 29 heavy (non-hydrogen) atoms. The fraction of sp³-hybridized carbons (Fsp3) is 0. The van der Waals surface area contributed by atoms with Crippen LogP contribution in [0.1, 0.15) is 16.7 Å². The van der Waals surface area contributed by atoms with Crippen LogP contribution in [0.15, 0.2) is 72.8 Å². The van der Waals surface area contributed by atoms with Gasteiger partial charge in [-0.1, -0.05) is 71.2 Å². The minimum atomic E-state index is -3.19. The predicted molar refractivity (Wildman–Crippen MR) is 122 cm³/mol. The summed E-state index contributed by atoms with van der Waals surface area (Å²) in [4.78, 5) is 0. The second-order valence-electron chi connectivity index (χ2n) is 6.01. The van der Waals surface area contributed by atoms with Gasteiger partial charge in [-0.3, -0.25) is 0 Å². The largest absolute Gasteiger partial charge is 0.472 e. The van der Waals surface area contributed by atoms with Gasteiger partial charge in [-0.25, -0.2) is 17.5 Å². The highest BCUT2D eigenvalue weighted by Gasteiger charge is 2.15. The van der Waals surface area contributed by atoms with Crippen molar-refractivity contribution in [2.24, 2.45) is 0 Å². The Labute approximate surface area is 185 Å². The van der Waals surface area contributed by atoms with Crippen molar-refractivity contribution in [3.05, 3.63) is 105 Å². The molecule has 0 saturated carbocycles. The van der Waals surface area contributed by atoms with Gasteiger partial charge < -0.3 is 4.32 Å². The zero-order valence-electron chi connectivity index (χ0n) is 15.0. The Hall–Kier alpha value is -2.80. The van der Waals surface area contributed by atoms with Gasteiger partial charge in [0.1, 0.15) is 0 Å². The molecule has 0 bridgehead atoms.